The van der Waals surface area contributed by atoms with Gasteiger partial charge < -0.3 is 15.7 Å². The van der Waals surface area contributed by atoms with Gasteiger partial charge in [0.2, 0.25) is 5.91 Å². The number of carboxylic acids is 1. The smallest absolute Gasteiger partial charge is 0.320 e. The van der Waals surface area contributed by atoms with Crippen LogP contribution in [0.5, 0.6) is 0 Å². The summed E-state index contributed by atoms with van der Waals surface area (Å²) in [6.07, 6.45) is 1.61. The molecule has 17 heavy (non-hydrogen) atoms. The number of carboxylic acid groups (broad SMARTS) is 1. The minimum Gasteiger partial charge on any atom is -0.480 e. The number of aliphatic carboxylic acids is 1. The molecule has 1 atom stereocenters. The van der Waals surface area contributed by atoms with Crippen molar-refractivity contribution < 1.29 is 14.7 Å². The Kier molecular flexibility index (Phi) is 4.16. The lowest BCUT2D eigenvalue weighted by molar-refractivity contribution is -0.138. The van der Waals surface area contributed by atoms with Gasteiger partial charge in [-0.1, -0.05) is 5.21 Å². The van der Waals surface area contributed by atoms with E-state index in [-0.39, 0.29) is 18.9 Å². The van der Waals surface area contributed by atoms with E-state index < -0.39 is 12.0 Å². The largest absolute Gasteiger partial charge is 0.480 e. The molecule has 0 aliphatic rings. The molecule has 0 bridgehead atoms. The fourth-order valence-electron chi connectivity index (χ4n) is 1.10. The van der Waals surface area contributed by atoms with Gasteiger partial charge in [-0.25, -0.2) is 4.68 Å². The standard InChI is InChI=1S/C9H15N5O3/c1-13(2)8(15)5-14-4-6(11-12-14)3-7(10)9(16)17/h4,7H,3,5,10H2,1-2H3,(H,16,17). The highest BCUT2D eigenvalue weighted by molar-refractivity contribution is 5.75. The molecule has 8 heteroatoms. The van der Waals surface area contributed by atoms with Crippen LogP contribution in [0.4, 0.5) is 0 Å². The molecule has 1 aromatic rings. The zero-order valence-corrected chi connectivity index (χ0v) is 9.70. The number of carbonyl (C=O) groups is 2. The topological polar surface area (TPSA) is 114 Å². The van der Waals surface area contributed by atoms with Crippen LogP contribution in [0.25, 0.3) is 0 Å². The Morgan fingerprint density at radius 3 is 2.76 bits per heavy atom. The van der Waals surface area contributed by atoms with Crippen LogP contribution >= 0.6 is 0 Å². The number of hydrogen-bond acceptors (Lipinski definition) is 5. The first-order chi connectivity index (χ1) is 7.90. The summed E-state index contributed by atoms with van der Waals surface area (Å²) in [7, 11) is 3.28. The van der Waals surface area contributed by atoms with Crippen LogP contribution in [-0.4, -0.2) is 57.0 Å². The average Bonchev–Trinajstić information content (AvgIpc) is 2.65. The fourth-order valence-corrected chi connectivity index (χ4v) is 1.10. The van der Waals surface area contributed by atoms with Crippen LogP contribution in [0.15, 0.2) is 6.20 Å². The van der Waals surface area contributed by atoms with Gasteiger partial charge in [-0.15, -0.1) is 5.10 Å². The van der Waals surface area contributed by atoms with E-state index in [1.54, 1.807) is 14.1 Å². The van der Waals surface area contributed by atoms with E-state index in [1.165, 1.54) is 15.8 Å². The minimum atomic E-state index is -1.09. The summed E-state index contributed by atoms with van der Waals surface area (Å²) in [4.78, 5) is 23.3. The second-order valence-electron chi connectivity index (χ2n) is 3.84. The Labute approximate surface area is 98.0 Å². The van der Waals surface area contributed by atoms with Gasteiger partial charge in [-0.3, -0.25) is 9.59 Å². The Morgan fingerprint density at radius 2 is 2.24 bits per heavy atom. The monoisotopic (exact) mass is 241 g/mol. The Bertz CT molecular complexity index is 415. The lowest BCUT2D eigenvalue weighted by Crippen LogP contribution is -2.32. The third-order valence-corrected chi connectivity index (χ3v) is 2.13. The van der Waals surface area contributed by atoms with E-state index in [2.05, 4.69) is 10.3 Å². The first-order valence-corrected chi connectivity index (χ1v) is 4.97. The van der Waals surface area contributed by atoms with Gasteiger partial charge in [0.25, 0.3) is 0 Å². The maximum atomic E-state index is 11.4. The number of hydrogen-bond donors (Lipinski definition) is 2. The number of nitrogens with zero attached hydrogens (tertiary/aromatic N) is 4. The van der Waals surface area contributed by atoms with Crippen molar-refractivity contribution in [3.8, 4) is 0 Å². The molecule has 94 valence electrons. The molecule has 0 aromatic carbocycles. The van der Waals surface area contributed by atoms with E-state index in [0.717, 1.165) is 0 Å². The van der Waals surface area contributed by atoms with Crippen molar-refractivity contribution in [3.63, 3.8) is 0 Å². The first-order valence-electron chi connectivity index (χ1n) is 4.97. The number of nitrogens with two attached hydrogens (primary N) is 1. The van der Waals surface area contributed by atoms with Crippen molar-refractivity contribution in [2.75, 3.05) is 14.1 Å². The highest BCUT2D eigenvalue weighted by Crippen LogP contribution is 1.98. The molecule has 0 aliphatic carbocycles. The summed E-state index contributed by atoms with van der Waals surface area (Å²) in [6.45, 7) is 0.0717. The van der Waals surface area contributed by atoms with E-state index in [4.69, 9.17) is 10.8 Å². The molecular weight excluding hydrogens is 226 g/mol. The Morgan fingerprint density at radius 1 is 1.59 bits per heavy atom. The molecule has 0 spiro atoms. The fraction of sp³-hybridized carbons (Fsp3) is 0.556. The van der Waals surface area contributed by atoms with Crippen molar-refractivity contribution in [2.45, 2.75) is 19.0 Å². The predicted octanol–water partition coefficient (Wildman–Crippen LogP) is -1.68. The Balaban J connectivity index is 2.59. The molecule has 1 heterocycles. The van der Waals surface area contributed by atoms with Crippen LogP contribution in [0, 0.1) is 0 Å². The van der Waals surface area contributed by atoms with Gasteiger partial charge in [0.15, 0.2) is 0 Å². The van der Waals surface area contributed by atoms with Crippen molar-refractivity contribution >= 4 is 11.9 Å². The molecule has 0 saturated heterocycles. The average molecular weight is 241 g/mol. The number of aromatic nitrogens is 3. The molecule has 3 N–H and O–H groups in total. The normalized spacial score (nSPS) is 12.2. The third-order valence-electron chi connectivity index (χ3n) is 2.13. The van der Waals surface area contributed by atoms with Crippen molar-refractivity contribution in [3.05, 3.63) is 11.9 Å². The third kappa shape index (κ3) is 3.83. The second-order valence-corrected chi connectivity index (χ2v) is 3.84. The van der Waals surface area contributed by atoms with Crippen molar-refractivity contribution in [1.82, 2.24) is 19.9 Å². The first kappa shape index (κ1) is 13.1. The number of amides is 1. The molecule has 0 radical (unpaired) electrons. The van der Waals surface area contributed by atoms with Gasteiger partial charge in [-0.2, -0.15) is 0 Å². The maximum absolute atomic E-state index is 11.4. The van der Waals surface area contributed by atoms with E-state index in [9.17, 15) is 9.59 Å². The summed E-state index contributed by atoms with van der Waals surface area (Å²) in [5, 5.41) is 16.1. The van der Waals surface area contributed by atoms with Gasteiger partial charge in [0, 0.05) is 26.7 Å². The molecule has 1 amide bonds. The SMILES string of the molecule is CN(C)C(=O)Cn1cc(CC(N)C(=O)O)nn1. The molecule has 0 aliphatic heterocycles. The number of rotatable bonds is 5. The maximum Gasteiger partial charge on any atom is 0.320 e. The van der Waals surface area contributed by atoms with Crippen molar-refractivity contribution in [2.24, 2.45) is 5.73 Å². The van der Waals surface area contributed by atoms with Crippen LogP contribution < -0.4 is 5.73 Å². The highest BCUT2D eigenvalue weighted by Gasteiger charge is 2.15. The molecule has 1 unspecified atom stereocenters. The summed E-state index contributed by atoms with van der Waals surface area (Å²) in [6, 6.07) is -1.01. The van der Waals surface area contributed by atoms with Gasteiger partial charge in [0.1, 0.15) is 12.6 Å². The molecular formula is C9H15N5O3. The zero-order valence-electron chi connectivity index (χ0n) is 9.70. The van der Waals surface area contributed by atoms with Gasteiger partial charge in [0.05, 0.1) is 5.69 Å². The molecule has 1 rings (SSSR count). The lowest BCUT2D eigenvalue weighted by atomic mass is 10.2. The van der Waals surface area contributed by atoms with Crippen molar-refractivity contribution in [1.29, 1.82) is 0 Å². The summed E-state index contributed by atoms with van der Waals surface area (Å²) in [5.41, 5.74) is 5.81. The van der Waals surface area contributed by atoms with Crippen LogP contribution in [-0.2, 0) is 22.6 Å². The summed E-state index contributed by atoms with van der Waals surface area (Å²) >= 11 is 0. The van der Waals surface area contributed by atoms with E-state index >= 15 is 0 Å². The van der Waals surface area contributed by atoms with Gasteiger partial charge in [-0.05, 0) is 0 Å². The molecule has 8 nitrogen and oxygen atoms in total. The van der Waals surface area contributed by atoms with Crippen LogP contribution in [0.2, 0.25) is 0 Å². The molecule has 0 fully saturated rings. The quantitative estimate of drug-likeness (QED) is 0.636. The summed E-state index contributed by atoms with van der Waals surface area (Å²) in [5.74, 6) is -1.21. The van der Waals surface area contributed by atoms with E-state index in [1.807, 2.05) is 0 Å². The summed E-state index contributed by atoms with van der Waals surface area (Å²) < 4.78 is 1.35. The minimum absolute atomic E-state index is 0.0717. The second kappa shape index (κ2) is 5.39. The predicted molar refractivity (Wildman–Crippen MR) is 58.0 cm³/mol. The Hall–Kier alpha value is -1.96. The molecule has 0 saturated carbocycles. The van der Waals surface area contributed by atoms with Crippen LogP contribution in [0.3, 0.4) is 0 Å². The lowest BCUT2D eigenvalue weighted by Gasteiger charge is -2.08. The van der Waals surface area contributed by atoms with Gasteiger partial charge >= 0.3 is 5.97 Å². The van der Waals surface area contributed by atoms with E-state index in [0.29, 0.717) is 5.69 Å². The number of carbonyl (C=O) groups excluding carboxylic acids is 1. The highest BCUT2D eigenvalue weighted by atomic mass is 16.4. The molecule has 1 aromatic heterocycles. The zero-order chi connectivity index (χ0) is 13.0. The van der Waals surface area contributed by atoms with Crippen LogP contribution in [0.1, 0.15) is 5.69 Å². The number of likely N-dealkylation sites (N-methyl/N-ethyl adjacent to an activating group) is 1.